The molecule has 6 heterocycles. The normalized spacial score (nSPS) is 17.4. The Morgan fingerprint density at radius 3 is 2.47 bits per heavy atom. The SMILES string of the molecule is [B]C([B])(c1cccc(C(=O)N2CCCC2)n1)N1CC(n2ncc3c2CN(C)c2c(Nc4cc(NC(=O)C5CC5)nnc4C(=O)NC)cccc2-3)C1. The van der Waals surface area contributed by atoms with Crippen molar-refractivity contribution in [2.45, 2.75) is 43.6 Å². The van der Waals surface area contributed by atoms with Crippen LogP contribution in [-0.4, -0.2) is 108 Å². The van der Waals surface area contributed by atoms with Crippen LogP contribution in [-0.2, 0) is 16.7 Å². The molecule has 0 unspecified atom stereocenters. The van der Waals surface area contributed by atoms with Crippen LogP contribution in [0.1, 0.15) is 64.1 Å². The van der Waals surface area contributed by atoms with E-state index in [-0.39, 0.29) is 35.3 Å². The Labute approximate surface area is 298 Å². The molecule has 3 aliphatic heterocycles. The molecule has 3 N–H and O–H groups in total. The number of benzene rings is 1. The van der Waals surface area contributed by atoms with Gasteiger partial charge in [-0.2, -0.15) is 5.10 Å². The zero-order valence-corrected chi connectivity index (χ0v) is 28.6. The second-order valence-corrected chi connectivity index (χ2v) is 13.8. The van der Waals surface area contributed by atoms with Gasteiger partial charge in [-0.15, -0.1) is 10.2 Å². The van der Waals surface area contributed by atoms with Crippen molar-refractivity contribution in [3.05, 3.63) is 71.4 Å². The Morgan fingerprint density at radius 2 is 1.73 bits per heavy atom. The third-order valence-electron chi connectivity index (χ3n) is 10.2. The lowest BCUT2D eigenvalue weighted by atomic mass is 9.57. The van der Waals surface area contributed by atoms with E-state index in [4.69, 9.17) is 20.8 Å². The fourth-order valence-electron chi connectivity index (χ4n) is 7.15. The molecule has 0 spiro atoms. The number of carbonyl (C=O) groups is 3. The highest BCUT2D eigenvalue weighted by atomic mass is 16.2. The van der Waals surface area contributed by atoms with Crippen molar-refractivity contribution in [3.63, 3.8) is 0 Å². The lowest BCUT2D eigenvalue weighted by molar-refractivity contribution is -0.117. The zero-order chi connectivity index (χ0) is 35.4. The molecule has 3 aromatic heterocycles. The summed E-state index contributed by atoms with van der Waals surface area (Å²) >= 11 is 0. The highest BCUT2D eigenvalue weighted by Gasteiger charge is 2.41. The number of nitrogens with one attached hydrogen (secondary N) is 3. The highest BCUT2D eigenvalue weighted by molar-refractivity contribution is 6.39. The summed E-state index contributed by atoms with van der Waals surface area (Å²) in [5, 5.41) is 20.5. The number of hydrogen-bond acceptors (Lipinski definition) is 10. The zero-order valence-electron chi connectivity index (χ0n) is 28.6. The van der Waals surface area contributed by atoms with Crippen molar-refractivity contribution in [3.8, 4) is 11.1 Å². The van der Waals surface area contributed by atoms with Gasteiger partial charge in [0.2, 0.25) is 5.91 Å². The van der Waals surface area contributed by atoms with Crippen LogP contribution in [0, 0.1) is 5.92 Å². The highest BCUT2D eigenvalue weighted by Crippen LogP contribution is 2.45. The summed E-state index contributed by atoms with van der Waals surface area (Å²) in [5.74, 6) is -0.328. The third-order valence-corrected chi connectivity index (χ3v) is 10.2. The maximum atomic E-state index is 13.0. The number of hydrogen-bond donors (Lipinski definition) is 3. The van der Waals surface area contributed by atoms with Gasteiger partial charge in [-0.25, -0.2) is 4.98 Å². The number of aromatic nitrogens is 5. The average Bonchev–Trinajstić information content (AvgIpc) is 3.67. The first-order valence-electron chi connectivity index (χ1n) is 17.3. The molecule has 2 saturated heterocycles. The van der Waals surface area contributed by atoms with Crippen LogP contribution >= 0.6 is 0 Å². The quantitative estimate of drug-likeness (QED) is 0.225. The van der Waals surface area contributed by atoms with Gasteiger partial charge >= 0.3 is 0 Å². The largest absolute Gasteiger partial charge is 0.366 e. The molecule has 4 radical (unpaired) electrons. The average molecular weight is 681 g/mol. The molecule has 14 nitrogen and oxygen atoms in total. The molecule has 0 bridgehead atoms. The van der Waals surface area contributed by atoms with Crippen LogP contribution in [0.4, 0.5) is 22.9 Å². The molecule has 8 rings (SSSR count). The van der Waals surface area contributed by atoms with Crippen LogP contribution in [0.2, 0.25) is 0 Å². The van der Waals surface area contributed by atoms with Crippen LogP contribution < -0.4 is 20.9 Å². The fraction of sp³-hybridized carbons (Fsp3) is 0.400. The smallest absolute Gasteiger partial charge is 0.273 e. The van der Waals surface area contributed by atoms with E-state index >= 15 is 0 Å². The molecule has 256 valence electrons. The van der Waals surface area contributed by atoms with E-state index in [2.05, 4.69) is 36.0 Å². The molecule has 4 aliphatic rings. The van der Waals surface area contributed by atoms with Gasteiger partial charge in [0.1, 0.15) is 5.69 Å². The van der Waals surface area contributed by atoms with Gasteiger partial charge in [0.15, 0.2) is 11.5 Å². The number of amides is 3. The molecule has 1 aromatic carbocycles. The van der Waals surface area contributed by atoms with Gasteiger partial charge in [0.25, 0.3) is 11.8 Å². The van der Waals surface area contributed by atoms with Crippen molar-refractivity contribution in [1.29, 1.82) is 0 Å². The van der Waals surface area contributed by atoms with Crippen LogP contribution in [0.5, 0.6) is 0 Å². The maximum absolute atomic E-state index is 13.0. The number of para-hydroxylation sites is 1. The number of rotatable bonds is 9. The van der Waals surface area contributed by atoms with Gasteiger partial charge in [0.05, 0.1) is 57.2 Å². The summed E-state index contributed by atoms with van der Waals surface area (Å²) in [6, 6.07) is 12.9. The second kappa shape index (κ2) is 12.8. The molecule has 16 heteroatoms. The Balaban J connectivity index is 1.02. The van der Waals surface area contributed by atoms with E-state index in [0.29, 0.717) is 36.7 Å². The molecule has 1 saturated carbocycles. The van der Waals surface area contributed by atoms with Gasteiger partial charge in [0, 0.05) is 69.1 Å². The first-order chi connectivity index (χ1) is 24.6. The minimum atomic E-state index is -1.36. The monoisotopic (exact) mass is 681 g/mol. The van der Waals surface area contributed by atoms with E-state index in [1.54, 1.807) is 24.3 Å². The van der Waals surface area contributed by atoms with Crippen LogP contribution in [0.25, 0.3) is 11.1 Å². The molecular formula is C35H37B2N11O3. The van der Waals surface area contributed by atoms with E-state index in [9.17, 15) is 14.4 Å². The molecule has 3 amide bonds. The van der Waals surface area contributed by atoms with E-state index in [1.807, 2.05) is 45.9 Å². The molecule has 0 atom stereocenters. The number of pyridine rings is 1. The lowest BCUT2D eigenvalue weighted by Crippen LogP contribution is -2.60. The minimum absolute atomic E-state index is 0.00610. The molecule has 1 aliphatic carbocycles. The summed E-state index contributed by atoms with van der Waals surface area (Å²) in [5.41, 5.74) is 6.06. The van der Waals surface area contributed by atoms with E-state index in [1.165, 1.54) is 7.05 Å². The first kappa shape index (κ1) is 32.9. The van der Waals surface area contributed by atoms with E-state index in [0.717, 1.165) is 67.0 Å². The van der Waals surface area contributed by atoms with Gasteiger partial charge < -0.3 is 30.7 Å². The standard InChI is InChI=1S/C35H37B2N11O3/c1-38-33(50)30-26(15-29(43-44-30)42-32(49)20-11-12-20)40-24-8-5-7-22-23-16-39-48(27(23)19-45(2)31(22)24)21-17-47(18-21)35(36,37)28-10-6-9-25(41-28)34(51)46-13-3-4-14-46/h5-10,15-16,20-21H,3-4,11-14,17-19H2,1-2H3,(H,38,50)(H2,40,42,43,49). The Kier molecular flexibility index (Phi) is 8.28. The number of carbonyl (C=O) groups excluding carboxylic acids is 3. The third kappa shape index (κ3) is 6.00. The topological polar surface area (TPSA) is 154 Å². The number of likely N-dealkylation sites (tertiary alicyclic amines) is 2. The lowest BCUT2D eigenvalue weighted by Gasteiger charge is -2.50. The van der Waals surface area contributed by atoms with Crippen molar-refractivity contribution >= 4 is 56.3 Å². The minimum Gasteiger partial charge on any atom is -0.366 e. The number of anilines is 4. The molecular weight excluding hydrogens is 644 g/mol. The van der Waals surface area contributed by atoms with Gasteiger partial charge in [-0.1, -0.05) is 18.2 Å². The Morgan fingerprint density at radius 1 is 0.961 bits per heavy atom. The predicted molar refractivity (Wildman–Crippen MR) is 193 cm³/mol. The molecule has 3 fully saturated rings. The maximum Gasteiger partial charge on any atom is 0.273 e. The Hall–Kier alpha value is -5.24. The summed E-state index contributed by atoms with van der Waals surface area (Å²) < 4.78 is 2.05. The number of nitrogens with zero attached hydrogens (tertiary/aromatic N) is 8. The fourth-order valence-corrected chi connectivity index (χ4v) is 7.15. The van der Waals surface area contributed by atoms with Crippen molar-refractivity contribution in [1.82, 2.24) is 40.1 Å². The summed E-state index contributed by atoms with van der Waals surface area (Å²) in [4.78, 5) is 48.7. The number of fused-ring (bicyclic) bond motifs is 3. The molecule has 51 heavy (non-hydrogen) atoms. The van der Waals surface area contributed by atoms with Crippen LogP contribution in [0.15, 0.2) is 48.7 Å². The van der Waals surface area contributed by atoms with Crippen molar-refractivity contribution in [2.24, 2.45) is 5.92 Å². The van der Waals surface area contributed by atoms with Crippen LogP contribution in [0.3, 0.4) is 0 Å². The molecule has 4 aromatic rings. The Bertz CT molecular complexity index is 2040. The van der Waals surface area contributed by atoms with Gasteiger partial charge in [-0.3, -0.25) is 19.1 Å². The summed E-state index contributed by atoms with van der Waals surface area (Å²) in [6.07, 6.45) is 5.60. The second-order valence-electron chi connectivity index (χ2n) is 13.8. The first-order valence-corrected chi connectivity index (χ1v) is 17.3. The van der Waals surface area contributed by atoms with Crippen molar-refractivity contribution < 1.29 is 14.4 Å². The predicted octanol–water partition coefficient (Wildman–Crippen LogP) is 2.38. The van der Waals surface area contributed by atoms with Crippen molar-refractivity contribution in [2.75, 3.05) is 55.8 Å². The summed E-state index contributed by atoms with van der Waals surface area (Å²) in [7, 11) is 16.9. The van der Waals surface area contributed by atoms with E-state index < -0.39 is 11.2 Å². The van der Waals surface area contributed by atoms with Gasteiger partial charge in [-0.05, 0) is 49.2 Å². The summed E-state index contributed by atoms with van der Waals surface area (Å²) in [6.45, 7) is 3.17.